The van der Waals surface area contributed by atoms with Crippen LogP contribution in [-0.4, -0.2) is 0 Å². The standard InChI is InChI=1S/C12H13PS2/c1-10-8-13(14,9-11(10)2)15-12-6-4-3-5-7-12/h3-9H,1-2H3. The van der Waals surface area contributed by atoms with Crippen LogP contribution in [0.25, 0.3) is 0 Å². The molecule has 0 spiro atoms. The van der Waals surface area contributed by atoms with Crippen molar-refractivity contribution >= 4 is 28.4 Å². The van der Waals surface area contributed by atoms with E-state index in [1.165, 1.54) is 16.0 Å². The van der Waals surface area contributed by atoms with Crippen molar-refractivity contribution in [2.75, 3.05) is 0 Å². The van der Waals surface area contributed by atoms with Crippen LogP contribution in [0.2, 0.25) is 0 Å². The Bertz CT molecular complexity index is 450. The first-order chi connectivity index (χ1) is 7.09. The van der Waals surface area contributed by atoms with Crippen LogP contribution in [0.15, 0.2) is 58.0 Å². The van der Waals surface area contributed by atoms with E-state index in [0.717, 1.165) is 0 Å². The zero-order chi connectivity index (χ0) is 10.9. The van der Waals surface area contributed by atoms with E-state index >= 15 is 0 Å². The van der Waals surface area contributed by atoms with E-state index in [1.807, 2.05) is 17.4 Å². The molecule has 15 heavy (non-hydrogen) atoms. The second-order valence-corrected chi connectivity index (χ2v) is 11.0. The SMILES string of the molecule is CC1=CP(=S)(Sc2ccccc2)C=C1C. The van der Waals surface area contributed by atoms with Crippen LogP contribution >= 0.6 is 16.6 Å². The lowest BCUT2D eigenvalue weighted by molar-refractivity contribution is 1.39. The lowest BCUT2D eigenvalue weighted by Crippen LogP contribution is -1.67. The third-order valence-electron chi connectivity index (χ3n) is 2.36. The zero-order valence-corrected chi connectivity index (χ0v) is 11.3. The van der Waals surface area contributed by atoms with Gasteiger partial charge in [0, 0.05) is 4.90 Å². The molecular formula is C12H13PS2. The fourth-order valence-corrected chi connectivity index (χ4v) is 8.10. The van der Waals surface area contributed by atoms with Gasteiger partial charge in [0.15, 0.2) is 0 Å². The molecule has 0 radical (unpaired) electrons. The molecule has 0 saturated carbocycles. The van der Waals surface area contributed by atoms with Crippen molar-refractivity contribution in [3.63, 3.8) is 0 Å². The summed E-state index contributed by atoms with van der Waals surface area (Å²) in [6, 6.07) is 10.4. The van der Waals surface area contributed by atoms with Crippen LogP contribution in [0.4, 0.5) is 0 Å². The summed E-state index contributed by atoms with van der Waals surface area (Å²) in [7, 11) is 0. The van der Waals surface area contributed by atoms with E-state index in [-0.39, 0.29) is 0 Å². The van der Waals surface area contributed by atoms with Gasteiger partial charge in [-0.2, -0.15) is 0 Å². The van der Waals surface area contributed by atoms with Crippen molar-refractivity contribution in [1.82, 2.24) is 0 Å². The van der Waals surface area contributed by atoms with Crippen LogP contribution in [0.3, 0.4) is 0 Å². The summed E-state index contributed by atoms with van der Waals surface area (Å²) in [5.41, 5.74) is 2.70. The molecule has 1 heterocycles. The number of benzene rings is 1. The number of hydrogen-bond donors (Lipinski definition) is 0. The maximum absolute atomic E-state index is 5.72. The van der Waals surface area contributed by atoms with Gasteiger partial charge in [-0.15, -0.1) is 0 Å². The minimum atomic E-state index is -1.48. The zero-order valence-electron chi connectivity index (χ0n) is 8.81. The van der Waals surface area contributed by atoms with Crippen molar-refractivity contribution in [1.29, 1.82) is 0 Å². The quantitative estimate of drug-likeness (QED) is 0.680. The molecule has 0 unspecified atom stereocenters. The molecule has 0 fully saturated rings. The Balaban J connectivity index is 2.25. The highest BCUT2D eigenvalue weighted by Crippen LogP contribution is 2.68. The molecule has 1 aliphatic rings. The molecule has 0 bridgehead atoms. The van der Waals surface area contributed by atoms with Gasteiger partial charge < -0.3 is 0 Å². The molecule has 0 aromatic heterocycles. The first kappa shape index (κ1) is 11.2. The van der Waals surface area contributed by atoms with Gasteiger partial charge in [0.1, 0.15) is 0 Å². The van der Waals surface area contributed by atoms with Crippen LogP contribution in [-0.2, 0) is 11.8 Å². The molecule has 1 aromatic rings. The smallest absolute Gasteiger partial charge is 0.0526 e. The Hall–Kier alpha value is -0.300. The van der Waals surface area contributed by atoms with Crippen molar-refractivity contribution in [3.8, 4) is 0 Å². The Morgan fingerprint density at radius 2 is 1.53 bits per heavy atom. The monoisotopic (exact) mass is 252 g/mol. The maximum Gasteiger partial charge on any atom is 0.0526 e. The van der Waals surface area contributed by atoms with Crippen LogP contribution in [0.5, 0.6) is 0 Å². The number of allylic oxidation sites excluding steroid dienone is 2. The molecule has 0 nitrogen and oxygen atoms in total. The highest BCUT2D eigenvalue weighted by atomic mass is 32.9. The van der Waals surface area contributed by atoms with Crippen LogP contribution in [0, 0.1) is 0 Å². The highest BCUT2D eigenvalue weighted by molar-refractivity contribution is 8.72. The first-order valence-electron chi connectivity index (χ1n) is 4.82. The first-order valence-corrected chi connectivity index (χ1v) is 9.19. The molecule has 0 N–H and O–H groups in total. The molecule has 1 aliphatic heterocycles. The molecule has 2 rings (SSSR count). The lowest BCUT2D eigenvalue weighted by atomic mass is 10.2. The average molecular weight is 252 g/mol. The third kappa shape index (κ3) is 2.63. The summed E-state index contributed by atoms with van der Waals surface area (Å²) >= 11 is 7.56. The summed E-state index contributed by atoms with van der Waals surface area (Å²) in [4.78, 5) is 1.27. The van der Waals surface area contributed by atoms with E-state index in [1.54, 1.807) is 0 Å². The fourth-order valence-electron chi connectivity index (χ4n) is 1.48. The van der Waals surface area contributed by atoms with Gasteiger partial charge in [-0.1, -0.05) is 41.4 Å². The number of rotatable bonds is 2. The largest absolute Gasteiger partial charge is 0.0801 e. The van der Waals surface area contributed by atoms with Gasteiger partial charge >= 0.3 is 0 Å². The molecule has 0 saturated heterocycles. The topological polar surface area (TPSA) is 0 Å². The summed E-state index contributed by atoms with van der Waals surface area (Å²) in [5.74, 6) is 4.55. The summed E-state index contributed by atoms with van der Waals surface area (Å²) in [6.45, 7) is 4.29. The molecule has 0 amide bonds. The van der Waals surface area contributed by atoms with Crippen molar-refractivity contribution in [3.05, 3.63) is 53.1 Å². The van der Waals surface area contributed by atoms with E-state index < -0.39 is 5.24 Å². The Morgan fingerprint density at radius 1 is 1.00 bits per heavy atom. The van der Waals surface area contributed by atoms with Crippen molar-refractivity contribution < 1.29 is 0 Å². The predicted molar refractivity (Wildman–Crippen MR) is 74.1 cm³/mol. The molecule has 0 atom stereocenters. The maximum atomic E-state index is 5.72. The normalized spacial score (nSPS) is 18.5. The van der Waals surface area contributed by atoms with E-state index in [0.29, 0.717) is 0 Å². The van der Waals surface area contributed by atoms with Gasteiger partial charge in [-0.25, -0.2) is 0 Å². The van der Waals surface area contributed by atoms with Gasteiger partial charge in [0.2, 0.25) is 0 Å². The second-order valence-electron chi connectivity index (χ2n) is 3.67. The minimum absolute atomic E-state index is 1.27. The van der Waals surface area contributed by atoms with Gasteiger partial charge in [0.25, 0.3) is 0 Å². The van der Waals surface area contributed by atoms with E-state index in [4.69, 9.17) is 11.8 Å². The highest BCUT2D eigenvalue weighted by Gasteiger charge is 2.19. The molecule has 78 valence electrons. The molecule has 3 heteroatoms. The summed E-state index contributed by atoms with van der Waals surface area (Å²) in [5, 5.41) is -1.48. The van der Waals surface area contributed by atoms with Crippen molar-refractivity contribution in [2.24, 2.45) is 0 Å². The van der Waals surface area contributed by atoms with Crippen LogP contribution < -0.4 is 0 Å². The van der Waals surface area contributed by atoms with Crippen LogP contribution in [0.1, 0.15) is 13.8 Å². The summed E-state index contributed by atoms with van der Waals surface area (Å²) in [6.07, 6.45) is 0. The Kier molecular flexibility index (Phi) is 3.20. The Labute approximate surface area is 100 Å². The van der Waals surface area contributed by atoms with E-state index in [9.17, 15) is 0 Å². The van der Waals surface area contributed by atoms with Crippen molar-refractivity contribution in [2.45, 2.75) is 18.7 Å². The van der Waals surface area contributed by atoms with E-state index in [2.05, 4.69) is 49.7 Å². The van der Waals surface area contributed by atoms with Gasteiger partial charge in [-0.3, -0.25) is 0 Å². The predicted octanol–water partition coefficient (Wildman–Crippen LogP) is 4.99. The molecule has 0 aliphatic carbocycles. The second kappa shape index (κ2) is 4.29. The fraction of sp³-hybridized carbons (Fsp3) is 0.167. The average Bonchev–Trinajstić information content (AvgIpc) is 2.42. The summed E-state index contributed by atoms with van der Waals surface area (Å²) < 4.78 is 0. The van der Waals surface area contributed by atoms with Gasteiger partial charge in [-0.05, 0) is 48.8 Å². The Morgan fingerprint density at radius 3 is 2.07 bits per heavy atom. The van der Waals surface area contributed by atoms with Gasteiger partial charge in [0.05, 0.1) is 5.24 Å². The minimum Gasteiger partial charge on any atom is -0.0801 e. The lowest BCUT2D eigenvalue weighted by Gasteiger charge is -2.09. The molecular weight excluding hydrogens is 239 g/mol. The molecule has 1 aromatic carbocycles. The third-order valence-corrected chi connectivity index (χ3v) is 8.05. The number of hydrogen-bond acceptors (Lipinski definition) is 2.